The molecule has 3 rings (SSSR count). The van der Waals surface area contributed by atoms with Crippen molar-refractivity contribution in [2.75, 3.05) is 19.0 Å². The molecule has 1 aromatic heterocycles. The van der Waals surface area contributed by atoms with Crippen LogP contribution in [0.3, 0.4) is 0 Å². The molecule has 0 fully saturated rings. The highest BCUT2D eigenvalue weighted by Gasteiger charge is 2.12. The lowest BCUT2D eigenvalue weighted by molar-refractivity contribution is 0.102. The fourth-order valence-electron chi connectivity index (χ4n) is 2.28. The number of carbonyl (C=O) groups is 1. The molecule has 1 amide bonds. The highest BCUT2D eigenvalue weighted by molar-refractivity contribution is 6.04. The summed E-state index contributed by atoms with van der Waals surface area (Å²) in [4.78, 5) is 12.4. The molecule has 0 aliphatic carbocycles. The van der Waals surface area contributed by atoms with Gasteiger partial charge in [-0.3, -0.25) is 4.79 Å². The summed E-state index contributed by atoms with van der Waals surface area (Å²) in [6.45, 7) is 2.52. The molecule has 0 aliphatic heterocycles. The number of methoxy groups -OCH3 is 1. The van der Waals surface area contributed by atoms with Crippen LogP contribution in [0.4, 0.5) is 5.69 Å². The first kappa shape index (κ1) is 16.4. The van der Waals surface area contributed by atoms with Crippen molar-refractivity contribution in [2.24, 2.45) is 0 Å². The van der Waals surface area contributed by atoms with E-state index in [0.717, 1.165) is 5.75 Å². The quantitative estimate of drug-likeness (QED) is 0.741. The van der Waals surface area contributed by atoms with Crippen molar-refractivity contribution in [3.8, 4) is 17.2 Å². The minimum Gasteiger partial charge on any atom is -0.494 e. The largest absolute Gasteiger partial charge is 0.494 e. The third-order valence-corrected chi connectivity index (χ3v) is 3.46. The number of anilines is 1. The van der Waals surface area contributed by atoms with E-state index in [1.807, 2.05) is 6.92 Å². The Morgan fingerprint density at radius 2 is 2.00 bits per heavy atom. The van der Waals surface area contributed by atoms with Crippen molar-refractivity contribution in [1.82, 2.24) is 20.2 Å². The third kappa shape index (κ3) is 3.74. The van der Waals surface area contributed by atoms with Gasteiger partial charge in [-0.15, -0.1) is 5.10 Å². The molecule has 8 nitrogen and oxygen atoms in total. The molecule has 0 unspecified atom stereocenters. The Morgan fingerprint density at radius 3 is 2.64 bits per heavy atom. The molecule has 8 heteroatoms. The van der Waals surface area contributed by atoms with Crippen molar-refractivity contribution in [2.45, 2.75) is 6.92 Å². The summed E-state index contributed by atoms with van der Waals surface area (Å²) in [6.07, 6.45) is 1.46. The van der Waals surface area contributed by atoms with Crippen LogP contribution in [0.15, 0.2) is 48.8 Å². The van der Waals surface area contributed by atoms with Gasteiger partial charge in [0.15, 0.2) is 0 Å². The Kier molecular flexibility index (Phi) is 4.89. The van der Waals surface area contributed by atoms with E-state index in [2.05, 4.69) is 20.8 Å². The minimum absolute atomic E-state index is 0.245. The first-order valence-electron chi connectivity index (χ1n) is 7.67. The summed E-state index contributed by atoms with van der Waals surface area (Å²) in [5.74, 6) is 1.00. The predicted molar refractivity (Wildman–Crippen MR) is 91.3 cm³/mol. The van der Waals surface area contributed by atoms with Gasteiger partial charge >= 0.3 is 0 Å². The van der Waals surface area contributed by atoms with Gasteiger partial charge in [0.2, 0.25) is 0 Å². The number of benzene rings is 2. The Balaban J connectivity index is 1.78. The van der Waals surface area contributed by atoms with E-state index in [9.17, 15) is 4.79 Å². The smallest absolute Gasteiger partial charge is 0.255 e. The molecule has 0 saturated heterocycles. The maximum absolute atomic E-state index is 12.4. The first-order valence-corrected chi connectivity index (χ1v) is 7.67. The van der Waals surface area contributed by atoms with Gasteiger partial charge in [-0.05, 0) is 59.8 Å². The van der Waals surface area contributed by atoms with Crippen LogP contribution in [-0.4, -0.2) is 39.8 Å². The Labute approximate surface area is 144 Å². The molecular formula is C17H17N5O3. The summed E-state index contributed by atoms with van der Waals surface area (Å²) in [5.41, 5.74) is 1.78. The van der Waals surface area contributed by atoms with Gasteiger partial charge in [-0.2, -0.15) is 4.68 Å². The maximum atomic E-state index is 12.4. The fourth-order valence-corrected chi connectivity index (χ4v) is 2.28. The Bertz CT molecular complexity index is 847. The molecule has 1 N–H and O–H groups in total. The van der Waals surface area contributed by atoms with Crippen LogP contribution in [0.2, 0.25) is 0 Å². The van der Waals surface area contributed by atoms with Crippen molar-refractivity contribution in [1.29, 1.82) is 0 Å². The number of nitrogens with zero attached hydrogens (tertiary/aromatic N) is 4. The average Bonchev–Trinajstić information content (AvgIpc) is 3.17. The van der Waals surface area contributed by atoms with Crippen molar-refractivity contribution in [3.05, 3.63) is 54.4 Å². The van der Waals surface area contributed by atoms with Crippen LogP contribution in [0, 0.1) is 0 Å². The van der Waals surface area contributed by atoms with Gasteiger partial charge in [-0.1, -0.05) is 0 Å². The zero-order chi connectivity index (χ0) is 17.6. The van der Waals surface area contributed by atoms with Gasteiger partial charge in [0, 0.05) is 11.3 Å². The monoisotopic (exact) mass is 339 g/mol. The van der Waals surface area contributed by atoms with Gasteiger partial charge < -0.3 is 14.8 Å². The van der Waals surface area contributed by atoms with Crippen LogP contribution >= 0.6 is 0 Å². The van der Waals surface area contributed by atoms with Crippen LogP contribution in [0.1, 0.15) is 17.3 Å². The molecule has 0 saturated carbocycles. The molecule has 0 atom stereocenters. The number of tetrazole rings is 1. The van der Waals surface area contributed by atoms with E-state index in [1.165, 1.54) is 18.1 Å². The number of amides is 1. The van der Waals surface area contributed by atoms with Gasteiger partial charge in [0.1, 0.15) is 23.5 Å². The second-order valence-corrected chi connectivity index (χ2v) is 5.05. The number of rotatable bonds is 6. The summed E-state index contributed by atoms with van der Waals surface area (Å²) in [6, 6.07) is 12.2. The van der Waals surface area contributed by atoms with Crippen molar-refractivity contribution >= 4 is 11.6 Å². The number of nitrogens with one attached hydrogen (secondary N) is 1. The van der Waals surface area contributed by atoms with Gasteiger partial charge in [0.25, 0.3) is 5.91 Å². The molecule has 0 aliphatic rings. The van der Waals surface area contributed by atoms with E-state index in [1.54, 1.807) is 42.5 Å². The van der Waals surface area contributed by atoms with E-state index in [-0.39, 0.29) is 5.91 Å². The van der Waals surface area contributed by atoms with E-state index >= 15 is 0 Å². The van der Waals surface area contributed by atoms with Gasteiger partial charge in [0.05, 0.1) is 13.7 Å². The lowest BCUT2D eigenvalue weighted by Gasteiger charge is -2.11. The minimum atomic E-state index is -0.245. The second-order valence-electron chi connectivity index (χ2n) is 5.05. The zero-order valence-electron chi connectivity index (χ0n) is 13.8. The molecule has 128 valence electrons. The highest BCUT2D eigenvalue weighted by Crippen LogP contribution is 2.24. The van der Waals surface area contributed by atoms with Crippen LogP contribution in [-0.2, 0) is 0 Å². The molecule has 1 heterocycles. The molecule has 2 aromatic carbocycles. The maximum Gasteiger partial charge on any atom is 0.255 e. The number of hydrogen-bond acceptors (Lipinski definition) is 6. The van der Waals surface area contributed by atoms with Crippen molar-refractivity contribution in [3.63, 3.8) is 0 Å². The molecule has 0 bridgehead atoms. The van der Waals surface area contributed by atoms with Crippen LogP contribution in [0.25, 0.3) is 5.69 Å². The first-order chi connectivity index (χ1) is 12.2. The standard InChI is InChI=1S/C17H17N5O3/c1-3-25-14-7-5-13(6-8-14)19-17(23)12-4-9-15(16(10-12)24-2)22-11-18-20-21-22/h4-11H,3H2,1-2H3,(H,19,23). The third-order valence-electron chi connectivity index (χ3n) is 3.46. The highest BCUT2D eigenvalue weighted by atomic mass is 16.5. The molecule has 3 aromatic rings. The second kappa shape index (κ2) is 7.43. The summed E-state index contributed by atoms with van der Waals surface area (Å²) in [7, 11) is 1.53. The number of hydrogen-bond donors (Lipinski definition) is 1. The molecule has 0 spiro atoms. The van der Waals surface area contributed by atoms with E-state index in [4.69, 9.17) is 9.47 Å². The summed E-state index contributed by atoms with van der Waals surface area (Å²) >= 11 is 0. The lowest BCUT2D eigenvalue weighted by Crippen LogP contribution is -2.12. The molecule has 25 heavy (non-hydrogen) atoms. The van der Waals surface area contributed by atoms with Crippen molar-refractivity contribution < 1.29 is 14.3 Å². The number of carbonyl (C=O) groups excluding carboxylic acids is 1. The lowest BCUT2D eigenvalue weighted by atomic mass is 10.1. The van der Waals surface area contributed by atoms with E-state index in [0.29, 0.717) is 29.3 Å². The van der Waals surface area contributed by atoms with Crippen LogP contribution in [0.5, 0.6) is 11.5 Å². The Hall–Kier alpha value is -3.42. The summed E-state index contributed by atoms with van der Waals surface area (Å²) < 4.78 is 12.2. The topological polar surface area (TPSA) is 91.2 Å². The fraction of sp³-hybridized carbons (Fsp3) is 0.176. The Morgan fingerprint density at radius 1 is 1.20 bits per heavy atom. The molecule has 0 radical (unpaired) electrons. The number of aromatic nitrogens is 4. The molecular weight excluding hydrogens is 322 g/mol. The average molecular weight is 339 g/mol. The predicted octanol–water partition coefficient (Wildman–Crippen LogP) is 2.32. The zero-order valence-corrected chi connectivity index (χ0v) is 13.8. The number of ether oxygens (including phenoxy) is 2. The van der Waals surface area contributed by atoms with Gasteiger partial charge in [-0.25, -0.2) is 0 Å². The van der Waals surface area contributed by atoms with Crippen LogP contribution < -0.4 is 14.8 Å². The normalized spacial score (nSPS) is 10.3. The SMILES string of the molecule is CCOc1ccc(NC(=O)c2ccc(-n3cnnn3)c(OC)c2)cc1. The summed E-state index contributed by atoms with van der Waals surface area (Å²) in [5, 5.41) is 13.8. The van der Waals surface area contributed by atoms with E-state index < -0.39 is 0 Å².